The Morgan fingerprint density at radius 2 is 1.91 bits per heavy atom. The third-order valence-corrected chi connectivity index (χ3v) is 5.91. The lowest BCUT2D eigenvalue weighted by Gasteiger charge is -2.12. The van der Waals surface area contributed by atoms with Gasteiger partial charge in [-0.2, -0.15) is 0 Å². The predicted molar refractivity (Wildman–Crippen MR) is 120 cm³/mol. The molecular weight excluding hydrogens is 440 g/mol. The Kier molecular flexibility index (Phi) is 4.58. The van der Waals surface area contributed by atoms with E-state index >= 15 is 0 Å². The third-order valence-electron chi connectivity index (χ3n) is 5.91. The van der Waals surface area contributed by atoms with Gasteiger partial charge in [0, 0.05) is 29.8 Å². The molecule has 0 unspecified atom stereocenters. The highest BCUT2D eigenvalue weighted by atomic mass is 19.1. The van der Waals surface area contributed by atoms with Crippen molar-refractivity contribution >= 4 is 17.4 Å². The topological polar surface area (TPSA) is 86.7 Å². The Balaban J connectivity index is 1.55. The van der Waals surface area contributed by atoms with Crippen LogP contribution in [0.4, 0.5) is 8.78 Å². The van der Waals surface area contributed by atoms with Gasteiger partial charge >= 0.3 is 0 Å². The summed E-state index contributed by atoms with van der Waals surface area (Å²) in [5.74, 6) is -0.0896. The number of nitrogens with zero attached hydrogens (tertiary/aromatic N) is 5. The van der Waals surface area contributed by atoms with Gasteiger partial charge in [-0.15, -0.1) is 10.2 Å². The van der Waals surface area contributed by atoms with Gasteiger partial charge in [-0.05, 0) is 60.4 Å². The Labute approximate surface area is 192 Å². The molecule has 1 saturated carbocycles. The van der Waals surface area contributed by atoms with Crippen molar-refractivity contribution in [3.8, 4) is 34.1 Å². The van der Waals surface area contributed by atoms with E-state index in [1.165, 1.54) is 18.2 Å². The summed E-state index contributed by atoms with van der Waals surface area (Å²) >= 11 is 0. The maximum atomic E-state index is 14.4. The quantitative estimate of drug-likeness (QED) is 0.332. The van der Waals surface area contributed by atoms with E-state index < -0.39 is 5.82 Å². The van der Waals surface area contributed by atoms with Gasteiger partial charge in [-0.25, -0.2) is 18.7 Å². The van der Waals surface area contributed by atoms with Gasteiger partial charge < -0.3 is 8.98 Å². The van der Waals surface area contributed by atoms with E-state index in [1.807, 2.05) is 6.07 Å². The molecule has 0 spiro atoms. The summed E-state index contributed by atoms with van der Waals surface area (Å²) in [5.41, 5.74) is 3.76. The molecule has 34 heavy (non-hydrogen) atoms. The Bertz CT molecular complexity index is 1590. The van der Waals surface area contributed by atoms with Crippen LogP contribution in [0.2, 0.25) is 0 Å². The van der Waals surface area contributed by atoms with Gasteiger partial charge in [0.25, 0.3) is 0 Å². The summed E-state index contributed by atoms with van der Waals surface area (Å²) in [6.07, 6.45) is 4.14. The van der Waals surface area contributed by atoms with E-state index in [1.54, 1.807) is 30.1 Å². The molecule has 0 amide bonds. The highest BCUT2D eigenvalue weighted by Crippen LogP contribution is 2.42. The number of halogens is 2. The van der Waals surface area contributed by atoms with Crippen molar-refractivity contribution in [2.24, 2.45) is 7.05 Å². The van der Waals surface area contributed by atoms with E-state index in [0.29, 0.717) is 29.3 Å². The number of rotatable bonds is 5. The standard InChI is InChI=1S/C25H17F2N5O2/c1-32-12-28-31-24(32)18-10-16(26)4-5-17(18)15-8-20(14-2-3-14)29-22(9-15)25-30-21-7-13(11-33)6-19(27)23(21)34-25/h4-12,14H,2-3H2,1H3. The highest BCUT2D eigenvalue weighted by molar-refractivity contribution is 5.86. The minimum Gasteiger partial charge on any atom is -0.432 e. The van der Waals surface area contributed by atoms with Gasteiger partial charge in [0.15, 0.2) is 17.2 Å². The van der Waals surface area contributed by atoms with Crippen molar-refractivity contribution in [3.05, 3.63) is 71.7 Å². The van der Waals surface area contributed by atoms with Crippen LogP contribution >= 0.6 is 0 Å². The lowest BCUT2D eigenvalue weighted by atomic mass is 9.97. The smallest absolute Gasteiger partial charge is 0.246 e. The number of hydrogen-bond donors (Lipinski definition) is 0. The van der Waals surface area contributed by atoms with E-state index in [9.17, 15) is 13.6 Å². The van der Waals surface area contributed by atoms with Crippen molar-refractivity contribution in [1.82, 2.24) is 24.7 Å². The van der Waals surface area contributed by atoms with Crippen molar-refractivity contribution < 1.29 is 18.0 Å². The second kappa shape index (κ2) is 7.65. The molecule has 5 aromatic rings. The summed E-state index contributed by atoms with van der Waals surface area (Å²) in [4.78, 5) is 20.2. The van der Waals surface area contributed by atoms with Crippen molar-refractivity contribution in [3.63, 3.8) is 0 Å². The molecule has 168 valence electrons. The Morgan fingerprint density at radius 3 is 2.65 bits per heavy atom. The number of fused-ring (bicyclic) bond motifs is 1. The molecular formula is C25H17F2N5O2. The lowest BCUT2D eigenvalue weighted by molar-refractivity contribution is 0.112. The summed E-state index contributed by atoms with van der Waals surface area (Å²) in [6, 6.07) is 10.8. The number of carbonyl (C=O) groups is 1. The zero-order valence-corrected chi connectivity index (χ0v) is 18.0. The molecule has 3 aromatic heterocycles. The van der Waals surface area contributed by atoms with E-state index in [0.717, 1.165) is 35.7 Å². The van der Waals surface area contributed by atoms with Crippen LogP contribution in [0.25, 0.3) is 45.2 Å². The molecule has 9 heteroatoms. The summed E-state index contributed by atoms with van der Waals surface area (Å²) in [6.45, 7) is 0. The summed E-state index contributed by atoms with van der Waals surface area (Å²) < 4.78 is 36.1. The molecule has 0 atom stereocenters. The Hall–Kier alpha value is -4.27. The fourth-order valence-corrected chi connectivity index (χ4v) is 4.08. The predicted octanol–water partition coefficient (Wildman–Crippen LogP) is 5.32. The molecule has 1 fully saturated rings. The van der Waals surface area contributed by atoms with Crippen LogP contribution in [0.5, 0.6) is 0 Å². The minimum absolute atomic E-state index is 0.0395. The molecule has 0 aliphatic heterocycles. The molecule has 0 saturated heterocycles. The molecule has 7 nitrogen and oxygen atoms in total. The average Bonchev–Trinajstić information content (AvgIpc) is 3.46. The number of pyridine rings is 1. The maximum absolute atomic E-state index is 14.4. The number of aldehydes is 1. The summed E-state index contributed by atoms with van der Waals surface area (Å²) in [7, 11) is 1.79. The highest BCUT2D eigenvalue weighted by Gasteiger charge is 2.27. The molecule has 1 aliphatic rings. The molecule has 0 N–H and O–H groups in total. The first-order valence-electron chi connectivity index (χ1n) is 10.7. The number of oxazole rings is 1. The monoisotopic (exact) mass is 457 g/mol. The van der Waals surface area contributed by atoms with Gasteiger partial charge in [0.1, 0.15) is 29.6 Å². The van der Waals surface area contributed by atoms with Gasteiger partial charge in [-0.3, -0.25) is 4.79 Å². The minimum atomic E-state index is -0.667. The van der Waals surface area contributed by atoms with E-state index in [2.05, 4.69) is 15.2 Å². The molecule has 6 rings (SSSR count). The SMILES string of the molecule is Cn1cnnc1-c1cc(F)ccc1-c1cc(-c2nc3cc(C=O)cc(F)c3o2)nc(C2CC2)c1. The summed E-state index contributed by atoms with van der Waals surface area (Å²) in [5, 5.41) is 8.07. The maximum Gasteiger partial charge on any atom is 0.246 e. The first-order valence-corrected chi connectivity index (χ1v) is 10.7. The van der Waals surface area contributed by atoms with Gasteiger partial charge in [0.05, 0.1) is 0 Å². The van der Waals surface area contributed by atoms with Gasteiger partial charge in [0.2, 0.25) is 5.89 Å². The molecule has 2 aromatic carbocycles. The number of carbonyl (C=O) groups excluding carboxylic acids is 1. The number of aromatic nitrogens is 5. The lowest BCUT2D eigenvalue weighted by Crippen LogP contribution is -1.97. The zero-order valence-electron chi connectivity index (χ0n) is 18.0. The molecule has 0 radical (unpaired) electrons. The van der Waals surface area contributed by atoms with Crippen molar-refractivity contribution in [1.29, 1.82) is 0 Å². The molecule has 0 bridgehead atoms. The van der Waals surface area contributed by atoms with Crippen LogP contribution in [0.15, 0.2) is 53.2 Å². The number of benzene rings is 2. The molecule has 1 aliphatic carbocycles. The van der Waals surface area contributed by atoms with Crippen LogP contribution in [0.1, 0.15) is 34.8 Å². The van der Waals surface area contributed by atoms with Crippen LogP contribution < -0.4 is 0 Å². The fourth-order valence-electron chi connectivity index (χ4n) is 4.08. The van der Waals surface area contributed by atoms with Crippen LogP contribution in [0.3, 0.4) is 0 Å². The first-order chi connectivity index (χ1) is 16.5. The first kappa shape index (κ1) is 20.3. The third kappa shape index (κ3) is 3.45. The van der Waals surface area contributed by atoms with Crippen LogP contribution in [-0.2, 0) is 7.05 Å². The largest absolute Gasteiger partial charge is 0.432 e. The Morgan fingerprint density at radius 1 is 1.06 bits per heavy atom. The van der Waals surface area contributed by atoms with Crippen molar-refractivity contribution in [2.75, 3.05) is 0 Å². The van der Waals surface area contributed by atoms with Gasteiger partial charge in [-0.1, -0.05) is 6.07 Å². The second-order valence-electron chi connectivity index (χ2n) is 8.38. The number of hydrogen-bond acceptors (Lipinski definition) is 6. The normalized spacial score (nSPS) is 13.5. The fraction of sp³-hybridized carbons (Fsp3) is 0.160. The van der Waals surface area contributed by atoms with Crippen LogP contribution in [-0.4, -0.2) is 31.0 Å². The average molecular weight is 457 g/mol. The van der Waals surface area contributed by atoms with E-state index in [4.69, 9.17) is 9.40 Å². The zero-order chi connectivity index (χ0) is 23.4. The van der Waals surface area contributed by atoms with Crippen molar-refractivity contribution in [2.45, 2.75) is 18.8 Å². The molecule has 3 heterocycles. The number of aryl methyl sites for hydroxylation is 1. The van der Waals surface area contributed by atoms with Crippen LogP contribution in [0, 0.1) is 11.6 Å². The van der Waals surface area contributed by atoms with E-state index in [-0.39, 0.29) is 28.4 Å². The second-order valence-corrected chi connectivity index (χ2v) is 8.38.